The van der Waals surface area contributed by atoms with E-state index in [4.69, 9.17) is 0 Å². The van der Waals surface area contributed by atoms with E-state index < -0.39 is 5.41 Å². The van der Waals surface area contributed by atoms with E-state index in [0.29, 0.717) is 11.3 Å². The van der Waals surface area contributed by atoms with Gasteiger partial charge < -0.3 is 10.6 Å². The third-order valence-corrected chi connectivity index (χ3v) is 3.08. The summed E-state index contributed by atoms with van der Waals surface area (Å²) in [6, 6.07) is 7.08. The topological polar surface area (TPSA) is 58.2 Å². The zero-order chi connectivity index (χ0) is 15.3. The van der Waals surface area contributed by atoms with Gasteiger partial charge in [0.15, 0.2) is 0 Å². The van der Waals surface area contributed by atoms with E-state index >= 15 is 0 Å². The molecule has 0 saturated heterocycles. The highest BCUT2D eigenvalue weighted by molar-refractivity contribution is 5.97. The molecule has 0 saturated carbocycles. The van der Waals surface area contributed by atoms with Crippen LogP contribution < -0.4 is 10.6 Å². The predicted molar refractivity (Wildman–Crippen MR) is 81.7 cm³/mol. The first-order valence-electron chi connectivity index (χ1n) is 6.96. The average Bonchev–Trinajstić information content (AvgIpc) is 2.38. The maximum atomic E-state index is 11.9. The Morgan fingerprint density at radius 2 is 1.70 bits per heavy atom. The Labute approximate surface area is 121 Å². The van der Waals surface area contributed by atoms with E-state index in [9.17, 15) is 9.59 Å². The van der Waals surface area contributed by atoms with Gasteiger partial charge >= 0.3 is 0 Å². The first-order valence-corrected chi connectivity index (χ1v) is 6.96. The highest BCUT2D eigenvalue weighted by atomic mass is 16.2. The van der Waals surface area contributed by atoms with Crippen molar-refractivity contribution in [2.24, 2.45) is 5.41 Å². The van der Waals surface area contributed by atoms with E-state index in [2.05, 4.69) is 10.6 Å². The van der Waals surface area contributed by atoms with Crippen LogP contribution in [-0.4, -0.2) is 17.9 Å². The first kappa shape index (κ1) is 16.2. The lowest BCUT2D eigenvalue weighted by atomic mass is 9.95. The van der Waals surface area contributed by atoms with Gasteiger partial charge in [-0.25, -0.2) is 0 Å². The highest BCUT2D eigenvalue weighted by Gasteiger charge is 2.21. The molecule has 1 aromatic rings. The number of benzene rings is 1. The van der Waals surface area contributed by atoms with Crippen LogP contribution in [0.25, 0.3) is 0 Å². The number of hydrogen-bond acceptors (Lipinski definition) is 2. The van der Waals surface area contributed by atoms with Crippen LogP contribution in [0.2, 0.25) is 0 Å². The summed E-state index contributed by atoms with van der Waals surface area (Å²) in [6.07, 6.45) is 0.894. The summed E-state index contributed by atoms with van der Waals surface area (Å²) in [7, 11) is 0. The molecule has 0 aliphatic carbocycles. The van der Waals surface area contributed by atoms with E-state index in [1.54, 1.807) is 24.3 Å². The summed E-state index contributed by atoms with van der Waals surface area (Å²) in [5, 5.41) is 5.73. The number of nitrogens with one attached hydrogen (secondary N) is 2. The quantitative estimate of drug-likeness (QED) is 0.887. The van der Waals surface area contributed by atoms with E-state index in [1.165, 1.54) is 0 Å². The molecular weight excluding hydrogens is 252 g/mol. The number of hydrogen-bond donors (Lipinski definition) is 2. The van der Waals surface area contributed by atoms with Crippen molar-refractivity contribution in [1.29, 1.82) is 0 Å². The van der Waals surface area contributed by atoms with Crippen molar-refractivity contribution in [2.75, 3.05) is 5.32 Å². The standard InChI is InChI=1S/C16H24N2O2/c1-6-11(2)17-14(19)12-7-9-13(10-8-12)18-15(20)16(3,4)5/h7-11H,6H2,1-5H3,(H,17,19)(H,18,20). The van der Waals surface area contributed by atoms with Gasteiger partial charge in [-0.05, 0) is 37.6 Å². The Morgan fingerprint density at radius 1 is 1.15 bits per heavy atom. The van der Waals surface area contributed by atoms with Gasteiger partial charge in [-0.1, -0.05) is 27.7 Å². The smallest absolute Gasteiger partial charge is 0.251 e. The summed E-state index contributed by atoms with van der Waals surface area (Å²) >= 11 is 0. The second-order valence-electron chi connectivity index (χ2n) is 6.06. The zero-order valence-corrected chi connectivity index (χ0v) is 12.9. The lowest BCUT2D eigenvalue weighted by Crippen LogP contribution is -2.31. The number of anilines is 1. The van der Waals surface area contributed by atoms with Crippen molar-refractivity contribution < 1.29 is 9.59 Å². The SMILES string of the molecule is CCC(C)NC(=O)c1ccc(NC(=O)C(C)(C)C)cc1. The summed E-state index contributed by atoms with van der Waals surface area (Å²) in [5.41, 5.74) is 0.858. The fraction of sp³-hybridized carbons (Fsp3) is 0.500. The van der Waals surface area contributed by atoms with Crippen LogP contribution in [0.5, 0.6) is 0 Å². The Kier molecular flexibility index (Phi) is 5.31. The molecule has 1 atom stereocenters. The van der Waals surface area contributed by atoms with Crippen LogP contribution in [0.4, 0.5) is 5.69 Å². The maximum Gasteiger partial charge on any atom is 0.251 e. The molecule has 4 nitrogen and oxygen atoms in total. The van der Waals surface area contributed by atoms with Crippen molar-refractivity contribution in [3.8, 4) is 0 Å². The Balaban J connectivity index is 2.70. The van der Waals surface area contributed by atoms with Gasteiger partial charge in [0.2, 0.25) is 5.91 Å². The molecule has 2 N–H and O–H groups in total. The number of carbonyl (C=O) groups is 2. The predicted octanol–water partition coefficient (Wildman–Crippen LogP) is 3.20. The third kappa shape index (κ3) is 4.68. The van der Waals surface area contributed by atoms with Crippen LogP contribution >= 0.6 is 0 Å². The fourth-order valence-corrected chi connectivity index (χ4v) is 1.43. The molecule has 1 unspecified atom stereocenters. The van der Waals surface area contributed by atoms with Crippen LogP contribution in [-0.2, 0) is 4.79 Å². The second-order valence-corrected chi connectivity index (χ2v) is 6.06. The monoisotopic (exact) mass is 276 g/mol. The second kappa shape index (κ2) is 6.55. The molecule has 0 aromatic heterocycles. The van der Waals surface area contributed by atoms with Crippen molar-refractivity contribution in [3.63, 3.8) is 0 Å². The number of carbonyl (C=O) groups excluding carboxylic acids is 2. The van der Waals surface area contributed by atoms with Crippen molar-refractivity contribution in [3.05, 3.63) is 29.8 Å². The van der Waals surface area contributed by atoms with Crippen molar-refractivity contribution in [1.82, 2.24) is 5.32 Å². The summed E-state index contributed by atoms with van der Waals surface area (Å²) < 4.78 is 0. The molecule has 1 aromatic carbocycles. The normalized spacial score (nSPS) is 12.7. The molecule has 20 heavy (non-hydrogen) atoms. The summed E-state index contributed by atoms with van der Waals surface area (Å²) in [6.45, 7) is 9.56. The lowest BCUT2D eigenvalue weighted by Gasteiger charge is -2.17. The molecular formula is C16H24N2O2. The minimum absolute atomic E-state index is 0.0469. The van der Waals surface area contributed by atoms with Gasteiger partial charge in [-0.2, -0.15) is 0 Å². The van der Waals surface area contributed by atoms with Gasteiger partial charge in [0, 0.05) is 22.7 Å². The van der Waals surface area contributed by atoms with Crippen LogP contribution in [0.3, 0.4) is 0 Å². The van der Waals surface area contributed by atoms with Crippen molar-refractivity contribution in [2.45, 2.75) is 47.1 Å². The molecule has 4 heteroatoms. The number of rotatable bonds is 4. The maximum absolute atomic E-state index is 11.9. The van der Waals surface area contributed by atoms with Gasteiger partial charge in [-0.15, -0.1) is 0 Å². The van der Waals surface area contributed by atoms with Gasteiger partial charge in [0.05, 0.1) is 0 Å². The Morgan fingerprint density at radius 3 is 2.15 bits per heavy atom. The third-order valence-electron chi connectivity index (χ3n) is 3.08. The van der Waals surface area contributed by atoms with Gasteiger partial charge in [0.1, 0.15) is 0 Å². The van der Waals surface area contributed by atoms with Gasteiger partial charge in [0.25, 0.3) is 5.91 Å². The van der Waals surface area contributed by atoms with Gasteiger partial charge in [-0.3, -0.25) is 9.59 Å². The molecule has 0 fully saturated rings. The molecule has 110 valence electrons. The summed E-state index contributed by atoms with van der Waals surface area (Å²) in [4.78, 5) is 23.8. The zero-order valence-electron chi connectivity index (χ0n) is 12.9. The van der Waals surface area contributed by atoms with Crippen LogP contribution in [0, 0.1) is 5.41 Å². The Hall–Kier alpha value is -1.84. The van der Waals surface area contributed by atoms with Crippen LogP contribution in [0.1, 0.15) is 51.4 Å². The molecule has 1 rings (SSSR count). The summed E-state index contributed by atoms with van der Waals surface area (Å²) in [5.74, 6) is -0.137. The molecule has 0 aliphatic rings. The highest BCUT2D eigenvalue weighted by Crippen LogP contribution is 2.17. The van der Waals surface area contributed by atoms with E-state index in [0.717, 1.165) is 6.42 Å². The first-order chi connectivity index (χ1) is 9.24. The van der Waals surface area contributed by atoms with E-state index in [-0.39, 0.29) is 17.9 Å². The molecule has 0 radical (unpaired) electrons. The largest absolute Gasteiger partial charge is 0.350 e. The molecule has 0 heterocycles. The minimum Gasteiger partial charge on any atom is -0.350 e. The molecule has 0 aliphatic heterocycles. The lowest BCUT2D eigenvalue weighted by molar-refractivity contribution is -0.123. The number of amides is 2. The Bertz CT molecular complexity index is 472. The average molecular weight is 276 g/mol. The molecule has 2 amide bonds. The fourth-order valence-electron chi connectivity index (χ4n) is 1.43. The minimum atomic E-state index is -0.438. The molecule has 0 spiro atoms. The van der Waals surface area contributed by atoms with Crippen LogP contribution in [0.15, 0.2) is 24.3 Å². The molecule has 0 bridgehead atoms. The van der Waals surface area contributed by atoms with E-state index in [1.807, 2.05) is 34.6 Å². The van der Waals surface area contributed by atoms with Crippen molar-refractivity contribution >= 4 is 17.5 Å².